The van der Waals surface area contributed by atoms with Gasteiger partial charge < -0.3 is 10.5 Å². The number of amides is 1. The van der Waals surface area contributed by atoms with E-state index in [1.54, 1.807) is 13.2 Å². The second kappa shape index (κ2) is 5.99. The van der Waals surface area contributed by atoms with Crippen molar-refractivity contribution in [1.29, 1.82) is 0 Å². The van der Waals surface area contributed by atoms with E-state index >= 15 is 0 Å². The average Bonchev–Trinajstić information content (AvgIpc) is 2.83. The lowest BCUT2D eigenvalue weighted by atomic mass is 10.1. The molecule has 0 aromatic heterocycles. The molecule has 1 aliphatic heterocycles. The summed E-state index contributed by atoms with van der Waals surface area (Å²) in [5.74, 6) is 0.261. The van der Waals surface area contributed by atoms with Gasteiger partial charge in [0.1, 0.15) is 10.8 Å². The Morgan fingerprint density at radius 2 is 2.21 bits per heavy atom. The van der Waals surface area contributed by atoms with Gasteiger partial charge in [-0.15, -0.1) is 0 Å². The molecule has 104 valence electrons. The molecule has 1 amide bonds. The van der Waals surface area contributed by atoms with Gasteiger partial charge in [0, 0.05) is 6.54 Å². The maximum absolute atomic E-state index is 11.4. The molecule has 0 saturated carbocycles. The van der Waals surface area contributed by atoms with Crippen molar-refractivity contribution in [2.45, 2.75) is 25.4 Å². The number of carbonyl (C=O) groups excluding carboxylic acids is 1. The minimum atomic E-state index is -0.284. The summed E-state index contributed by atoms with van der Waals surface area (Å²) in [4.78, 5) is 13.4. The monoisotopic (exact) mass is 302 g/mol. The van der Waals surface area contributed by atoms with Crippen LogP contribution in [0.15, 0.2) is 12.1 Å². The Morgan fingerprint density at radius 1 is 1.47 bits per heavy atom. The van der Waals surface area contributed by atoms with Gasteiger partial charge >= 0.3 is 0 Å². The SMILES string of the molecule is COc1ccc(CN2CCCC2C(N)=O)c(Cl)c1Cl. The molecule has 0 bridgehead atoms. The number of methoxy groups -OCH3 is 1. The predicted molar refractivity (Wildman–Crippen MR) is 75.6 cm³/mol. The molecule has 1 aromatic rings. The maximum Gasteiger partial charge on any atom is 0.234 e. The molecule has 1 aliphatic rings. The summed E-state index contributed by atoms with van der Waals surface area (Å²) in [7, 11) is 1.54. The van der Waals surface area contributed by atoms with Gasteiger partial charge in [0.2, 0.25) is 5.91 Å². The van der Waals surface area contributed by atoms with E-state index in [2.05, 4.69) is 0 Å². The van der Waals surface area contributed by atoms with Gasteiger partial charge in [-0.05, 0) is 31.0 Å². The zero-order chi connectivity index (χ0) is 14.0. The van der Waals surface area contributed by atoms with Crippen LogP contribution in [0.3, 0.4) is 0 Å². The van der Waals surface area contributed by atoms with Crippen molar-refractivity contribution in [3.8, 4) is 5.75 Å². The van der Waals surface area contributed by atoms with E-state index in [0.29, 0.717) is 22.3 Å². The van der Waals surface area contributed by atoms with Crippen LogP contribution in [0.25, 0.3) is 0 Å². The number of likely N-dealkylation sites (tertiary alicyclic amines) is 1. The molecule has 0 radical (unpaired) electrons. The molecular weight excluding hydrogens is 287 g/mol. The fourth-order valence-corrected chi connectivity index (χ4v) is 2.89. The highest BCUT2D eigenvalue weighted by Crippen LogP contribution is 2.35. The number of halogens is 2. The van der Waals surface area contributed by atoms with Crippen LogP contribution in [0, 0.1) is 0 Å². The molecule has 1 unspecified atom stereocenters. The van der Waals surface area contributed by atoms with Gasteiger partial charge in [-0.25, -0.2) is 0 Å². The van der Waals surface area contributed by atoms with Gasteiger partial charge in [-0.1, -0.05) is 29.3 Å². The van der Waals surface area contributed by atoms with E-state index in [9.17, 15) is 4.79 Å². The van der Waals surface area contributed by atoms with Crippen molar-refractivity contribution in [3.63, 3.8) is 0 Å². The lowest BCUT2D eigenvalue weighted by Gasteiger charge is -2.22. The normalized spacial score (nSPS) is 19.6. The molecule has 1 aromatic carbocycles. The van der Waals surface area contributed by atoms with Crippen molar-refractivity contribution in [3.05, 3.63) is 27.7 Å². The molecule has 1 fully saturated rings. The second-order valence-electron chi connectivity index (χ2n) is 4.59. The zero-order valence-corrected chi connectivity index (χ0v) is 12.2. The summed E-state index contributed by atoms with van der Waals surface area (Å²) in [6.45, 7) is 1.41. The third kappa shape index (κ3) is 2.96. The van der Waals surface area contributed by atoms with Crippen LogP contribution in [0.4, 0.5) is 0 Å². The highest BCUT2D eigenvalue weighted by atomic mass is 35.5. The number of benzene rings is 1. The molecule has 0 aliphatic carbocycles. The highest BCUT2D eigenvalue weighted by molar-refractivity contribution is 6.43. The number of rotatable bonds is 4. The second-order valence-corrected chi connectivity index (χ2v) is 5.34. The summed E-state index contributed by atoms with van der Waals surface area (Å²) in [6.07, 6.45) is 1.77. The summed E-state index contributed by atoms with van der Waals surface area (Å²) in [6, 6.07) is 3.43. The summed E-state index contributed by atoms with van der Waals surface area (Å²) >= 11 is 12.3. The largest absolute Gasteiger partial charge is 0.495 e. The average molecular weight is 303 g/mol. The Kier molecular flexibility index (Phi) is 4.55. The van der Waals surface area contributed by atoms with Crippen LogP contribution in [0.2, 0.25) is 10.0 Å². The number of nitrogens with two attached hydrogens (primary N) is 1. The smallest absolute Gasteiger partial charge is 0.234 e. The highest BCUT2D eigenvalue weighted by Gasteiger charge is 2.29. The summed E-state index contributed by atoms with van der Waals surface area (Å²) < 4.78 is 5.11. The minimum absolute atomic E-state index is 0.211. The van der Waals surface area contributed by atoms with Crippen molar-refractivity contribution in [2.24, 2.45) is 5.73 Å². The Balaban J connectivity index is 2.20. The van der Waals surface area contributed by atoms with E-state index in [4.69, 9.17) is 33.7 Å². The Bertz CT molecular complexity index is 494. The number of hydrogen-bond acceptors (Lipinski definition) is 3. The standard InChI is InChI=1S/C13H16Cl2N2O2/c1-19-10-5-4-8(11(14)12(10)15)7-17-6-2-3-9(17)13(16)18/h4-5,9H,2-3,6-7H2,1H3,(H2,16,18). The maximum atomic E-state index is 11.4. The first-order chi connectivity index (χ1) is 9.04. The number of primary amides is 1. The molecule has 19 heavy (non-hydrogen) atoms. The molecule has 6 heteroatoms. The van der Waals surface area contributed by atoms with Crippen LogP contribution < -0.4 is 10.5 Å². The Labute approximate surface area is 122 Å². The topological polar surface area (TPSA) is 55.6 Å². The fraction of sp³-hybridized carbons (Fsp3) is 0.462. The molecule has 1 atom stereocenters. The Hall–Kier alpha value is -0.970. The molecule has 0 spiro atoms. The first-order valence-corrected chi connectivity index (χ1v) is 6.84. The van der Waals surface area contributed by atoms with Gasteiger partial charge in [-0.2, -0.15) is 0 Å². The van der Waals surface area contributed by atoms with E-state index in [-0.39, 0.29) is 11.9 Å². The van der Waals surface area contributed by atoms with Crippen molar-refractivity contribution in [1.82, 2.24) is 4.90 Å². The number of carbonyl (C=O) groups is 1. The minimum Gasteiger partial charge on any atom is -0.495 e. The molecule has 1 heterocycles. The third-order valence-electron chi connectivity index (χ3n) is 3.41. The van der Waals surface area contributed by atoms with Crippen molar-refractivity contribution in [2.75, 3.05) is 13.7 Å². The summed E-state index contributed by atoms with van der Waals surface area (Å²) in [5, 5.41) is 0.868. The van der Waals surface area contributed by atoms with Crippen LogP contribution in [-0.2, 0) is 11.3 Å². The third-order valence-corrected chi connectivity index (χ3v) is 4.32. The first kappa shape index (κ1) is 14.4. The fourth-order valence-electron chi connectivity index (χ4n) is 2.41. The van der Waals surface area contributed by atoms with Crippen molar-refractivity contribution >= 4 is 29.1 Å². The number of hydrogen-bond donors (Lipinski definition) is 1. The molecule has 1 saturated heterocycles. The van der Waals surface area contributed by atoms with Crippen LogP contribution in [-0.4, -0.2) is 30.5 Å². The van der Waals surface area contributed by atoms with E-state index in [0.717, 1.165) is 24.9 Å². The lowest BCUT2D eigenvalue weighted by molar-refractivity contribution is -0.122. The van der Waals surface area contributed by atoms with Crippen LogP contribution in [0.5, 0.6) is 5.75 Å². The van der Waals surface area contributed by atoms with Gasteiger partial charge in [0.05, 0.1) is 18.2 Å². The van der Waals surface area contributed by atoms with E-state index < -0.39 is 0 Å². The quantitative estimate of drug-likeness (QED) is 0.929. The molecular formula is C13H16Cl2N2O2. The van der Waals surface area contributed by atoms with Crippen LogP contribution >= 0.6 is 23.2 Å². The van der Waals surface area contributed by atoms with E-state index in [1.807, 2.05) is 11.0 Å². The molecule has 4 nitrogen and oxygen atoms in total. The van der Waals surface area contributed by atoms with Gasteiger partial charge in [-0.3, -0.25) is 9.69 Å². The van der Waals surface area contributed by atoms with Crippen LogP contribution in [0.1, 0.15) is 18.4 Å². The first-order valence-electron chi connectivity index (χ1n) is 6.08. The van der Waals surface area contributed by atoms with Gasteiger partial charge in [0.15, 0.2) is 0 Å². The molecule has 2 N–H and O–H groups in total. The van der Waals surface area contributed by atoms with Crippen molar-refractivity contribution < 1.29 is 9.53 Å². The lowest BCUT2D eigenvalue weighted by Crippen LogP contribution is -2.39. The zero-order valence-electron chi connectivity index (χ0n) is 10.7. The predicted octanol–water partition coefficient (Wildman–Crippen LogP) is 2.45. The number of ether oxygens (including phenoxy) is 1. The molecule has 2 rings (SSSR count). The van der Waals surface area contributed by atoms with E-state index in [1.165, 1.54) is 0 Å². The number of nitrogens with zero attached hydrogens (tertiary/aromatic N) is 1. The summed E-state index contributed by atoms with van der Waals surface area (Å²) in [5.41, 5.74) is 6.27. The Morgan fingerprint density at radius 3 is 2.84 bits per heavy atom. The van der Waals surface area contributed by atoms with Gasteiger partial charge in [0.25, 0.3) is 0 Å².